The lowest BCUT2D eigenvalue weighted by Gasteiger charge is -2.27. The fourth-order valence-electron chi connectivity index (χ4n) is 1.58. The molecule has 0 aromatic heterocycles. The predicted octanol–water partition coefficient (Wildman–Crippen LogP) is 2.21. The topological polar surface area (TPSA) is 27.7 Å². The molecule has 1 fully saturated rings. The Hall–Kier alpha value is -0.900. The van der Waals surface area contributed by atoms with Crippen LogP contribution in [-0.2, 0) is 20.8 Å². The van der Waals surface area contributed by atoms with Gasteiger partial charge >= 0.3 is 0 Å². The van der Waals surface area contributed by atoms with Crippen molar-refractivity contribution in [3.8, 4) is 0 Å². The third kappa shape index (κ3) is 3.59. The summed E-state index contributed by atoms with van der Waals surface area (Å²) < 4.78 is 16.5. The first-order valence-corrected chi connectivity index (χ1v) is 5.69. The molecule has 1 aromatic carbocycles. The smallest absolute Gasteiger partial charge is 0.180 e. The summed E-state index contributed by atoms with van der Waals surface area (Å²) in [6.45, 7) is 4.75. The zero-order valence-electron chi connectivity index (χ0n) is 9.59. The monoisotopic (exact) mass is 222 g/mol. The van der Waals surface area contributed by atoms with Crippen molar-refractivity contribution >= 4 is 0 Å². The van der Waals surface area contributed by atoms with Gasteiger partial charge in [-0.2, -0.15) is 0 Å². The van der Waals surface area contributed by atoms with Gasteiger partial charge in [-0.1, -0.05) is 37.3 Å². The molecule has 0 N–H and O–H groups in total. The second kappa shape index (κ2) is 5.99. The van der Waals surface area contributed by atoms with E-state index in [2.05, 4.69) is 6.92 Å². The molecule has 0 aliphatic carbocycles. The molecule has 1 aliphatic rings. The van der Waals surface area contributed by atoms with Crippen LogP contribution in [0.4, 0.5) is 0 Å². The lowest BCUT2D eigenvalue weighted by atomic mass is 10.2. The Balaban J connectivity index is 1.65. The molecule has 1 aliphatic heterocycles. The molecule has 0 saturated carbocycles. The highest BCUT2D eigenvalue weighted by atomic mass is 16.7. The lowest BCUT2D eigenvalue weighted by molar-refractivity contribution is -0.220. The molecule has 16 heavy (non-hydrogen) atoms. The van der Waals surface area contributed by atoms with E-state index in [9.17, 15) is 0 Å². The Labute approximate surface area is 96.3 Å². The molecule has 3 nitrogen and oxygen atoms in total. The van der Waals surface area contributed by atoms with Crippen LogP contribution in [0.1, 0.15) is 12.5 Å². The molecule has 88 valence electrons. The van der Waals surface area contributed by atoms with Crippen LogP contribution in [0.3, 0.4) is 0 Å². The van der Waals surface area contributed by atoms with Crippen molar-refractivity contribution in [1.82, 2.24) is 0 Å². The number of benzene rings is 1. The minimum absolute atomic E-state index is 0.195. The Morgan fingerprint density at radius 2 is 1.88 bits per heavy atom. The Morgan fingerprint density at radius 3 is 2.56 bits per heavy atom. The second-order valence-electron chi connectivity index (χ2n) is 4.20. The van der Waals surface area contributed by atoms with Gasteiger partial charge < -0.3 is 14.2 Å². The maximum atomic E-state index is 5.54. The average molecular weight is 222 g/mol. The maximum absolute atomic E-state index is 5.54. The van der Waals surface area contributed by atoms with Crippen molar-refractivity contribution in [2.24, 2.45) is 5.92 Å². The Bertz CT molecular complexity index is 291. The Morgan fingerprint density at radius 1 is 1.19 bits per heavy atom. The van der Waals surface area contributed by atoms with E-state index in [4.69, 9.17) is 14.2 Å². The Kier molecular flexibility index (Phi) is 4.34. The second-order valence-corrected chi connectivity index (χ2v) is 4.20. The summed E-state index contributed by atoms with van der Waals surface area (Å²) in [4.78, 5) is 0. The van der Waals surface area contributed by atoms with Crippen molar-refractivity contribution in [3.63, 3.8) is 0 Å². The van der Waals surface area contributed by atoms with Gasteiger partial charge in [0.05, 0.1) is 26.4 Å². The summed E-state index contributed by atoms with van der Waals surface area (Å²) in [5, 5.41) is 0. The molecule has 1 saturated heterocycles. The molecule has 0 atom stereocenters. The average Bonchev–Trinajstić information content (AvgIpc) is 2.33. The van der Waals surface area contributed by atoms with Gasteiger partial charge in [-0.05, 0) is 5.56 Å². The molecule has 3 heteroatoms. The number of hydrogen-bond donors (Lipinski definition) is 0. The third-order valence-electron chi connectivity index (χ3n) is 2.50. The molecule has 0 bridgehead atoms. The molecular formula is C13H18O3. The van der Waals surface area contributed by atoms with E-state index >= 15 is 0 Å². The first kappa shape index (κ1) is 11.6. The quantitative estimate of drug-likeness (QED) is 0.781. The summed E-state index contributed by atoms with van der Waals surface area (Å²) in [7, 11) is 0. The zero-order valence-corrected chi connectivity index (χ0v) is 9.59. The highest BCUT2D eigenvalue weighted by Gasteiger charge is 2.18. The predicted molar refractivity (Wildman–Crippen MR) is 61.0 cm³/mol. The third-order valence-corrected chi connectivity index (χ3v) is 2.50. The van der Waals surface area contributed by atoms with E-state index < -0.39 is 0 Å². The zero-order chi connectivity index (χ0) is 11.2. The van der Waals surface area contributed by atoms with Crippen molar-refractivity contribution < 1.29 is 14.2 Å². The van der Waals surface area contributed by atoms with Gasteiger partial charge in [0.2, 0.25) is 0 Å². The van der Waals surface area contributed by atoms with Crippen LogP contribution in [0.2, 0.25) is 0 Å². The molecular weight excluding hydrogens is 204 g/mol. The van der Waals surface area contributed by atoms with Gasteiger partial charge in [-0.15, -0.1) is 0 Å². The molecule has 1 aromatic rings. The maximum Gasteiger partial charge on any atom is 0.180 e. The minimum Gasteiger partial charge on any atom is -0.372 e. The van der Waals surface area contributed by atoms with Crippen LogP contribution in [0.5, 0.6) is 0 Å². The van der Waals surface area contributed by atoms with Gasteiger partial charge in [0.25, 0.3) is 0 Å². The summed E-state index contributed by atoms with van der Waals surface area (Å²) in [6, 6.07) is 10.1. The van der Waals surface area contributed by atoms with E-state index in [0.29, 0.717) is 19.1 Å². The minimum atomic E-state index is -0.195. The van der Waals surface area contributed by atoms with E-state index in [0.717, 1.165) is 13.2 Å². The van der Waals surface area contributed by atoms with Gasteiger partial charge in [-0.3, -0.25) is 0 Å². The van der Waals surface area contributed by atoms with Crippen LogP contribution in [-0.4, -0.2) is 26.1 Å². The summed E-state index contributed by atoms with van der Waals surface area (Å²) in [5.41, 5.74) is 1.17. The largest absolute Gasteiger partial charge is 0.372 e. The van der Waals surface area contributed by atoms with Crippen LogP contribution >= 0.6 is 0 Å². The molecule has 0 radical (unpaired) electrons. The van der Waals surface area contributed by atoms with Crippen molar-refractivity contribution in [1.29, 1.82) is 0 Å². The molecule has 0 amide bonds. The highest BCUT2D eigenvalue weighted by Crippen LogP contribution is 2.11. The molecule has 0 unspecified atom stereocenters. The summed E-state index contributed by atoms with van der Waals surface area (Å²) >= 11 is 0. The van der Waals surface area contributed by atoms with Crippen LogP contribution in [0.25, 0.3) is 0 Å². The van der Waals surface area contributed by atoms with Crippen LogP contribution < -0.4 is 0 Å². The van der Waals surface area contributed by atoms with Crippen LogP contribution in [0.15, 0.2) is 30.3 Å². The lowest BCUT2D eigenvalue weighted by Crippen LogP contribution is -2.33. The van der Waals surface area contributed by atoms with Crippen molar-refractivity contribution in [2.45, 2.75) is 19.8 Å². The highest BCUT2D eigenvalue weighted by molar-refractivity contribution is 5.13. The molecule has 2 rings (SSSR count). The van der Waals surface area contributed by atoms with E-state index in [1.807, 2.05) is 30.3 Å². The fraction of sp³-hybridized carbons (Fsp3) is 0.538. The molecule has 1 heterocycles. The number of rotatable bonds is 4. The SMILES string of the molecule is CC1COC(COCc2ccccc2)OC1. The van der Waals surface area contributed by atoms with Gasteiger partial charge in [0, 0.05) is 5.92 Å². The summed E-state index contributed by atoms with van der Waals surface area (Å²) in [5.74, 6) is 0.491. The van der Waals surface area contributed by atoms with Gasteiger partial charge in [-0.25, -0.2) is 0 Å². The summed E-state index contributed by atoms with van der Waals surface area (Å²) in [6.07, 6.45) is -0.195. The first-order valence-electron chi connectivity index (χ1n) is 5.69. The van der Waals surface area contributed by atoms with Gasteiger partial charge in [0.15, 0.2) is 6.29 Å². The first-order chi connectivity index (χ1) is 7.84. The standard InChI is InChI=1S/C13H18O3/c1-11-7-15-13(16-8-11)10-14-9-12-5-3-2-4-6-12/h2-6,11,13H,7-10H2,1H3. The van der Waals surface area contributed by atoms with E-state index in [1.54, 1.807) is 0 Å². The van der Waals surface area contributed by atoms with Crippen molar-refractivity contribution in [2.75, 3.05) is 19.8 Å². The number of ether oxygens (including phenoxy) is 3. The van der Waals surface area contributed by atoms with Crippen molar-refractivity contribution in [3.05, 3.63) is 35.9 Å². The van der Waals surface area contributed by atoms with Crippen LogP contribution in [0, 0.1) is 5.92 Å². The van der Waals surface area contributed by atoms with E-state index in [1.165, 1.54) is 5.56 Å². The normalized spacial score (nSPS) is 25.6. The fourth-order valence-corrected chi connectivity index (χ4v) is 1.58. The van der Waals surface area contributed by atoms with E-state index in [-0.39, 0.29) is 6.29 Å². The molecule has 0 spiro atoms. The number of hydrogen-bond acceptors (Lipinski definition) is 3. The van der Waals surface area contributed by atoms with Gasteiger partial charge in [0.1, 0.15) is 0 Å².